The molecule has 3 aliphatic carbocycles. The van der Waals surface area contributed by atoms with Crippen molar-refractivity contribution in [3.63, 3.8) is 0 Å². The van der Waals surface area contributed by atoms with Crippen LogP contribution in [-0.2, 0) is 27.3 Å². The Morgan fingerprint density at radius 1 is 1.05 bits per heavy atom. The van der Waals surface area contributed by atoms with E-state index in [9.17, 15) is 29.7 Å². The third-order valence-electron chi connectivity index (χ3n) is 7.85. The Morgan fingerprint density at radius 2 is 1.76 bits per heavy atom. The summed E-state index contributed by atoms with van der Waals surface area (Å²) in [5, 5.41) is 33.0. The molecule has 10 heteroatoms. The summed E-state index contributed by atoms with van der Waals surface area (Å²) in [4.78, 5) is 45.1. The Bertz CT molecular complexity index is 1440. The number of carbonyl (C=O) groups excluding carboxylic acids is 3. The van der Waals surface area contributed by atoms with Gasteiger partial charge < -0.3 is 26.0 Å². The highest BCUT2D eigenvalue weighted by molar-refractivity contribution is 7.15. The van der Waals surface area contributed by atoms with Crippen LogP contribution in [0.5, 0.6) is 5.75 Å². The number of aliphatic hydroxyl groups excluding tert-OH is 2. The highest BCUT2D eigenvalue weighted by Gasteiger charge is 2.55. The van der Waals surface area contributed by atoms with E-state index >= 15 is 0 Å². The van der Waals surface area contributed by atoms with Gasteiger partial charge in [-0.15, -0.1) is 11.3 Å². The summed E-state index contributed by atoms with van der Waals surface area (Å²) in [6.45, 7) is 0.782. The largest absolute Gasteiger partial charge is 0.510 e. The van der Waals surface area contributed by atoms with Crippen molar-refractivity contribution < 1.29 is 29.7 Å². The number of aromatic hydroxyl groups is 1. The van der Waals surface area contributed by atoms with Crippen LogP contribution in [0.3, 0.4) is 0 Å². The van der Waals surface area contributed by atoms with Gasteiger partial charge in [0.1, 0.15) is 22.8 Å². The van der Waals surface area contributed by atoms with Gasteiger partial charge in [-0.1, -0.05) is 0 Å². The van der Waals surface area contributed by atoms with Crippen LogP contribution in [0.4, 0.5) is 0 Å². The molecule has 1 amide bonds. The molecule has 3 unspecified atom stereocenters. The molecule has 1 saturated carbocycles. The first-order valence-corrected chi connectivity index (χ1v) is 13.2. The van der Waals surface area contributed by atoms with Crippen molar-refractivity contribution in [2.45, 2.75) is 25.4 Å². The van der Waals surface area contributed by atoms with Crippen molar-refractivity contribution in [1.82, 2.24) is 9.80 Å². The number of phenolic OH excluding ortho intramolecular Hbond substituents is 1. The van der Waals surface area contributed by atoms with Gasteiger partial charge in [0.25, 0.3) is 5.91 Å². The second-order valence-electron chi connectivity index (χ2n) is 10.8. The van der Waals surface area contributed by atoms with Crippen LogP contribution in [0.1, 0.15) is 22.4 Å². The predicted molar refractivity (Wildman–Crippen MR) is 143 cm³/mol. The summed E-state index contributed by atoms with van der Waals surface area (Å²) in [5.74, 6) is -5.70. The quantitative estimate of drug-likeness (QED) is 0.337. The lowest BCUT2D eigenvalue weighted by molar-refractivity contribution is -0.136. The van der Waals surface area contributed by atoms with E-state index in [1.54, 1.807) is 30.3 Å². The predicted octanol–water partition coefficient (Wildman–Crippen LogP) is 2.64. The number of hydrogen-bond donors (Lipinski definition) is 4. The second-order valence-corrected chi connectivity index (χ2v) is 12.0. The Balaban J connectivity index is 1.63. The molecule has 5 N–H and O–H groups in total. The number of allylic oxidation sites excluding steroid dienone is 1. The fourth-order valence-electron chi connectivity index (χ4n) is 6.42. The third-order valence-corrected chi connectivity index (χ3v) is 8.95. The number of ketones is 2. The van der Waals surface area contributed by atoms with Crippen molar-refractivity contribution in [2.75, 3.05) is 28.2 Å². The van der Waals surface area contributed by atoms with Gasteiger partial charge in [-0.25, -0.2) is 0 Å². The molecule has 0 radical (unpaired) electrons. The minimum Gasteiger partial charge on any atom is -0.510 e. The summed E-state index contributed by atoms with van der Waals surface area (Å²) >= 11 is 1.63. The average molecular weight is 538 g/mol. The minimum absolute atomic E-state index is 0.0849. The van der Waals surface area contributed by atoms with Crippen molar-refractivity contribution >= 4 is 34.6 Å². The van der Waals surface area contributed by atoms with Gasteiger partial charge in [0.05, 0.1) is 17.5 Å². The monoisotopic (exact) mass is 537 g/mol. The Kier molecular flexibility index (Phi) is 6.45. The molecule has 1 aromatic heterocycles. The number of primary amides is 1. The molecule has 0 aliphatic heterocycles. The normalized spacial score (nSPS) is 25.1. The van der Waals surface area contributed by atoms with Gasteiger partial charge >= 0.3 is 0 Å². The molecule has 5 rings (SSSR count). The molecule has 3 aliphatic rings. The van der Waals surface area contributed by atoms with Gasteiger partial charge in [0.15, 0.2) is 11.6 Å². The number of fused-ring (bicyclic) bond motifs is 3. The fourth-order valence-corrected chi connectivity index (χ4v) is 7.59. The molecule has 4 atom stereocenters. The number of carbonyl (C=O) groups is 3. The van der Waals surface area contributed by atoms with Gasteiger partial charge in [0.2, 0.25) is 0 Å². The van der Waals surface area contributed by atoms with Crippen molar-refractivity contribution in [3.05, 3.63) is 57.2 Å². The zero-order valence-electron chi connectivity index (χ0n) is 21.7. The minimum atomic E-state index is -1.26. The number of phenols is 1. The van der Waals surface area contributed by atoms with E-state index in [-0.39, 0.29) is 22.6 Å². The lowest BCUT2D eigenvalue weighted by Crippen LogP contribution is -2.55. The first kappa shape index (κ1) is 26.1. The number of amides is 1. The highest BCUT2D eigenvalue weighted by atomic mass is 32.1. The van der Waals surface area contributed by atoms with Crippen LogP contribution in [0, 0.1) is 17.8 Å². The highest BCUT2D eigenvalue weighted by Crippen LogP contribution is 2.52. The van der Waals surface area contributed by atoms with Crippen LogP contribution in [0.2, 0.25) is 0 Å². The number of rotatable bonds is 5. The number of likely N-dealkylation sites (N-methyl/N-ethyl adjacent to an activating group) is 1. The summed E-state index contributed by atoms with van der Waals surface area (Å²) in [5.41, 5.74) is 6.74. The van der Waals surface area contributed by atoms with Crippen LogP contribution in [0.15, 0.2) is 41.2 Å². The first-order chi connectivity index (χ1) is 17.9. The van der Waals surface area contributed by atoms with Gasteiger partial charge in [-0.2, -0.15) is 0 Å². The van der Waals surface area contributed by atoms with E-state index in [0.717, 1.165) is 22.5 Å². The smallest absolute Gasteiger partial charge is 0.255 e. The van der Waals surface area contributed by atoms with E-state index in [1.165, 1.54) is 10.9 Å². The molecular formula is C28H31N3O6S. The van der Waals surface area contributed by atoms with Crippen molar-refractivity contribution in [3.8, 4) is 16.2 Å². The van der Waals surface area contributed by atoms with E-state index in [2.05, 4.69) is 11.0 Å². The number of nitrogens with two attached hydrogens (primary N) is 1. The van der Waals surface area contributed by atoms with Gasteiger partial charge in [-0.3, -0.25) is 19.3 Å². The maximum absolute atomic E-state index is 13.8. The summed E-state index contributed by atoms with van der Waals surface area (Å²) in [6, 6.07) is 6.64. The van der Waals surface area contributed by atoms with Crippen LogP contribution in [0.25, 0.3) is 16.2 Å². The Labute approximate surface area is 224 Å². The summed E-state index contributed by atoms with van der Waals surface area (Å²) in [6.07, 6.45) is 0.696. The topological polar surface area (TPSA) is 144 Å². The molecule has 1 fully saturated rings. The maximum atomic E-state index is 13.8. The maximum Gasteiger partial charge on any atom is 0.255 e. The SMILES string of the molecule is CN(C)Cc1ccc(-c2ccc(O)c3c2CC2CC4C(C(=O)C(C(N)=O)=C(O)[C@H]4N(C)C)C(=O)C2=C3O)s1. The molecule has 9 nitrogen and oxygen atoms in total. The Morgan fingerprint density at radius 3 is 2.39 bits per heavy atom. The number of nitrogens with zero attached hydrogens (tertiary/aromatic N) is 2. The fraction of sp³-hybridized carbons (Fsp3) is 0.393. The van der Waals surface area contributed by atoms with E-state index < -0.39 is 52.6 Å². The van der Waals surface area contributed by atoms with Crippen LogP contribution < -0.4 is 5.73 Å². The van der Waals surface area contributed by atoms with Gasteiger partial charge in [-0.05, 0) is 88.3 Å². The van der Waals surface area contributed by atoms with Crippen LogP contribution >= 0.6 is 11.3 Å². The van der Waals surface area contributed by atoms with E-state index in [1.807, 2.05) is 26.2 Å². The van der Waals surface area contributed by atoms with Crippen LogP contribution in [-0.4, -0.2) is 76.8 Å². The van der Waals surface area contributed by atoms with Gasteiger partial charge in [0, 0.05) is 21.9 Å². The first-order valence-electron chi connectivity index (χ1n) is 12.4. The van der Waals surface area contributed by atoms with Crippen molar-refractivity contribution in [1.29, 1.82) is 0 Å². The molecule has 200 valence electrons. The number of aliphatic hydroxyl groups is 2. The van der Waals surface area contributed by atoms with Crippen molar-refractivity contribution in [2.24, 2.45) is 23.5 Å². The zero-order chi connectivity index (χ0) is 27.6. The molecular weight excluding hydrogens is 506 g/mol. The number of benzene rings is 1. The lowest BCUT2D eigenvalue weighted by Gasteiger charge is -2.46. The van der Waals surface area contributed by atoms with E-state index in [4.69, 9.17) is 5.73 Å². The summed E-state index contributed by atoms with van der Waals surface area (Å²) in [7, 11) is 7.40. The number of thiophene rings is 1. The lowest BCUT2D eigenvalue weighted by atomic mass is 9.59. The third kappa shape index (κ3) is 3.95. The molecule has 0 saturated heterocycles. The molecule has 1 heterocycles. The second kappa shape index (κ2) is 9.37. The number of hydrogen-bond acceptors (Lipinski definition) is 9. The molecule has 38 heavy (non-hydrogen) atoms. The summed E-state index contributed by atoms with van der Waals surface area (Å²) < 4.78 is 0. The standard InChI is InChI=1S/C28H31N3O6S/c1-30(2)11-13-5-8-18(38-13)14-6-7-17(32)20-15(14)9-12-10-16-21(25(34)19(12)24(20)33)26(35)22(28(29)37)27(36)23(16)31(3)4/h5-8,12,16,21,23,32-33,36H,9-11H2,1-4H3,(H2,29,37)/t12?,16?,21?,23-/m0/s1. The average Bonchev–Trinajstić information content (AvgIpc) is 3.25. The molecule has 0 bridgehead atoms. The molecule has 0 spiro atoms. The number of Topliss-reactive ketones (excluding diaryl/α,β-unsaturated/α-hetero) is 2. The Hall–Kier alpha value is -3.47. The molecule has 2 aromatic rings. The zero-order valence-corrected chi connectivity index (χ0v) is 22.5. The van der Waals surface area contributed by atoms with E-state index in [0.29, 0.717) is 12.8 Å². The molecule has 1 aromatic carbocycles.